The number of aromatic nitrogens is 1. The van der Waals surface area contributed by atoms with Gasteiger partial charge in [-0.05, 0) is 36.2 Å². The first-order valence-electron chi connectivity index (χ1n) is 6.87. The van der Waals surface area contributed by atoms with Crippen LogP contribution in [-0.2, 0) is 20.1 Å². The van der Waals surface area contributed by atoms with Crippen molar-refractivity contribution in [3.05, 3.63) is 58.9 Å². The molecule has 0 aliphatic heterocycles. The van der Waals surface area contributed by atoms with Crippen molar-refractivity contribution in [1.82, 2.24) is 9.47 Å². The van der Waals surface area contributed by atoms with Crippen LogP contribution in [0.5, 0.6) is 0 Å². The lowest BCUT2D eigenvalue weighted by molar-refractivity contribution is 0.209. The van der Waals surface area contributed by atoms with Crippen molar-refractivity contribution >= 4 is 11.6 Å². The van der Waals surface area contributed by atoms with Crippen LogP contribution in [0.3, 0.4) is 0 Å². The molecule has 0 saturated heterocycles. The third-order valence-electron chi connectivity index (χ3n) is 3.36. The molecule has 2 aromatic rings. The Balaban J connectivity index is 2.05. The quantitative estimate of drug-likeness (QED) is 0.849. The Bertz CT molecular complexity index is 539. The maximum Gasteiger partial charge on any atom is 0.0443 e. The molecule has 2 rings (SSSR count). The Hall–Kier alpha value is -1.29. The average Bonchev–Trinajstić information content (AvgIpc) is 2.82. The number of benzene rings is 1. The van der Waals surface area contributed by atoms with Gasteiger partial charge in [0, 0.05) is 50.2 Å². The standard InChI is InChI=1S/C16H21ClN2O/c1-18-8-3-7-16(18)13-19(9-4-10-20)12-14-5-2-6-15(17)11-14/h2-3,5-8,11,20H,4,9-10,12-13H2,1H3. The Morgan fingerprint density at radius 3 is 2.70 bits per heavy atom. The van der Waals surface area contributed by atoms with E-state index in [2.05, 4.69) is 40.9 Å². The van der Waals surface area contributed by atoms with E-state index < -0.39 is 0 Å². The molecule has 0 aliphatic carbocycles. The van der Waals surface area contributed by atoms with E-state index in [-0.39, 0.29) is 6.61 Å². The van der Waals surface area contributed by atoms with Crippen molar-refractivity contribution in [2.24, 2.45) is 7.05 Å². The molecule has 0 spiro atoms. The molecule has 0 bridgehead atoms. The Morgan fingerprint density at radius 2 is 2.05 bits per heavy atom. The van der Waals surface area contributed by atoms with Gasteiger partial charge in [0.05, 0.1) is 0 Å². The normalized spacial score (nSPS) is 11.2. The first kappa shape index (κ1) is 15.1. The molecule has 3 nitrogen and oxygen atoms in total. The fourth-order valence-electron chi connectivity index (χ4n) is 2.29. The maximum atomic E-state index is 9.05. The van der Waals surface area contributed by atoms with Gasteiger partial charge in [0.15, 0.2) is 0 Å². The lowest BCUT2D eigenvalue weighted by Crippen LogP contribution is -2.25. The topological polar surface area (TPSA) is 28.4 Å². The summed E-state index contributed by atoms with van der Waals surface area (Å²) in [5, 5.41) is 9.82. The van der Waals surface area contributed by atoms with E-state index in [4.69, 9.17) is 16.7 Å². The second-order valence-electron chi connectivity index (χ2n) is 5.03. The molecule has 0 unspecified atom stereocenters. The minimum absolute atomic E-state index is 0.221. The molecule has 0 fully saturated rings. The first-order chi connectivity index (χ1) is 9.69. The SMILES string of the molecule is Cn1cccc1CN(CCCO)Cc1cccc(Cl)c1. The van der Waals surface area contributed by atoms with E-state index in [1.807, 2.05) is 18.2 Å². The highest BCUT2D eigenvalue weighted by Gasteiger charge is 2.09. The smallest absolute Gasteiger partial charge is 0.0443 e. The van der Waals surface area contributed by atoms with Crippen LogP contribution < -0.4 is 0 Å². The molecule has 0 radical (unpaired) electrons. The fourth-order valence-corrected chi connectivity index (χ4v) is 2.50. The van der Waals surface area contributed by atoms with Gasteiger partial charge >= 0.3 is 0 Å². The summed E-state index contributed by atoms with van der Waals surface area (Å²) in [4.78, 5) is 2.33. The zero-order valence-corrected chi connectivity index (χ0v) is 12.6. The summed E-state index contributed by atoms with van der Waals surface area (Å²) >= 11 is 6.04. The number of hydrogen-bond donors (Lipinski definition) is 1. The lowest BCUT2D eigenvalue weighted by Gasteiger charge is -2.22. The second kappa shape index (κ2) is 7.48. The van der Waals surface area contributed by atoms with Gasteiger partial charge in [0.2, 0.25) is 0 Å². The predicted molar refractivity (Wildman–Crippen MR) is 82.7 cm³/mol. The molecular weight excluding hydrogens is 272 g/mol. The summed E-state index contributed by atoms with van der Waals surface area (Å²) in [6.45, 7) is 2.80. The van der Waals surface area contributed by atoms with Gasteiger partial charge in [-0.15, -0.1) is 0 Å². The monoisotopic (exact) mass is 292 g/mol. The van der Waals surface area contributed by atoms with Gasteiger partial charge in [-0.25, -0.2) is 0 Å². The van der Waals surface area contributed by atoms with Gasteiger partial charge in [-0.1, -0.05) is 23.7 Å². The van der Waals surface area contributed by atoms with E-state index in [1.54, 1.807) is 0 Å². The number of rotatable bonds is 7. The van der Waals surface area contributed by atoms with Gasteiger partial charge in [-0.3, -0.25) is 4.90 Å². The largest absolute Gasteiger partial charge is 0.396 e. The highest BCUT2D eigenvalue weighted by molar-refractivity contribution is 6.30. The number of aliphatic hydroxyl groups is 1. The Morgan fingerprint density at radius 1 is 1.20 bits per heavy atom. The molecule has 1 aromatic carbocycles. The summed E-state index contributed by atoms with van der Waals surface area (Å²) in [5.74, 6) is 0. The highest BCUT2D eigenvalue weighted by Crippen LogP contribution is 2.15. The summed E-state index contributed by atoms with van der Waals surface area (Å²) in [5.41, 5.74) is 2.47. The number of aliphatic hydroxyl groups excluding tert-OH is 1. The van der Waals surface area contributed by atoms with Crippen molar-refractivity contribution in [3.8, 4) is 0 Å². The number of halogens is 1. The molecule has 4 heteroatoms. The molecule has 0 amide bonds. The molecule has 1 aromatic heterocycles. The predicted octanol–water partition coefficient (Wildman–Crippen LogP) is 3.06. The zero-order chi connectivity index (χ0) is 14.4. The second-order valence-corrected chi connectivity index (χ2v) is 5.46. The van der Waals surface area contributed by atoms with Crippen molar-refractivity contribution in [1.29, 1.82) is 0 Å². The third-order valence-corrected chi connectivity index (χ3v) is 3.60. The minimum atomic E-state index is 0.221. The van der Waals surface area contributed by atoms with Crippen molar-refractivity contribution < 1.29 is 5.11 Å². The van der Waals surface area contributed by atoms with Gasteiger partial charge < -0.3 is 9.67 Å². The van der Waals surface area contributed by atoms with Crippen LogP contribution in [0.4, 0.5) is 0 Å². The van der Waals surface area contributed by atoms with Crippen molar-refractivity contribution in [2.45, 2.75) is 19.5 Å². The highest BCUT2D eigenvalue weighted by atomic mass is 35.5. The third kappa shape index (κ3) is 4.37. The van der Waals surface area contributed by atoms with E-state index in [9.17, 15) is 0 Å². The van der Waals surface area contributed by atoms with Gasteiger partial charge in [0.25, 0.3) is 0 Å². The number of aryl methyl sites for hydroxylation is 1. The van der Waals surface area contributed by atoms with Crippen LogP contribution in [0.15, 0.2) is 42.6 Å². The molecule has 0 saturated carbocycles. The molecule has 0 atom stereocenters. The molecule has 20 heavy (non-hydrogen) atoms. The molecule has 1 heterocycles. The van der Waals surface area contributed by atoms with Crippen LogP contribution in [0.2, 0.25) is 5.02 Å². The Kier molecular flexibility index (Phi) is 5.65. The summed E-state index contributed by atoms with van der Waals surface area (Å²) in [7, 11) is 2.05. The molecule has 1 N–H and O–H groups in total. The van der Waals surface area contributed by atoms with E-state index >= 15 is 0 Å². The Labute approximate surface area is 125 Å². The van der Waals surface area contributed by atoms with E-state index in [0.717, 1.165) is 31.1 Å². The molecule has 108 valence electrons. The summed E-state index contributed by atoms with van der Waals surface area (Å²) < 4.78 is 2.13. The summed E-state index contributed by atoms with van der Waals surface area (Å²) in [6.07, 6.45) is 2.84. The summed E-state index contributed by atoms with van der Waals surface area (Å²) in [6, 6.07) is 12.1. The van der Waals surface area contributed by atoms with Crippen molar-refractivity contribution in [3.63, 3.8) is 0 Å². The van der Waals surface area contributed by atoms with Crippen LogP contribution in [-0.4, -0.2) is 27.7 Å². The van der Waals surface area contributed by atoms with E-state index in [0.29, 0.717) is 0 Å². The van der Waals surface area contributed by atoms with Crippen molar-refractivity contribution in [2.75, 3.05) is 13.2 Å². The van der Waals surface area contributed by atoms with Gasteiger partial charge in [-0.2, -0.15) is 0 Å². The maximum absolute atomic E-state index is 9.05. The van der Waals surface area contributed by atoms with Crippen LogP contribution in [0.1, 0.15) is 17.7 Å². The zero-order valence-electron chi connectivity index (χ0n) is 11.8. The van der Waals surface area contributed by atoms with E-state index in [1.165, 1.54) is 11.3 Å². The molecular formula is C16H21ClN2O. The lowest BCUT2D eigenvalue weighted by atomic mass is 10.2. The first-order valence-corrected chi connectivity index (χ1v) is 7.24. The van der Waals surface area contributed by atoms with Crippen LogP contribution in [0, 0.1) is 0 Å². The fraction of sp³-hybridized carbons (Fsp3) is 0.375. The number of nitrogens with zero attached hydrogens (tertiary/aromatic N) is 2. The molecule has 0 aliphatic rings. The van der Waals surface area contributed by atoms with Crippen LogP contribution >= 0.6 is 11.6 Å². The average molecular weight is 293 g/mol. The van der Waals surface area contributed by atoms with Gasteiger partial charge in [0.1, 0.15) is 0 Å². The number of hydrogen-bond acceptors (Lipinski definition) is 2. The minimum Gasteiger partial charge on any atom is -0.396 e. The van der Waals surface area contributed by atoms with Crippen LogP contribution in [0.25, 0.3) is 0 Å².